The van der Waals surface area contributed by atoms with E-state index in [1.54, 1.807) is 10.6 Å². The zero-order valence-corrected chi connectivity index (χ0v) is 18.3. The molecule has 0 unspecified atom stereocenters. The summed E-state index contributed by atoms with van der Waals surface area (Å²) in [6, 6.07) is 16.7. The predicted molar refractivity (Wildman–Crippen MR) is 117 cm³/mol. The molecule has 1 fully saturated rings. The van der Waals surface area contributed by atoms with E-state index in [0.717, 1.165) is 35.4 Å². The SMILES string of the molecule is O=c1ccc(-c2ccccc2)c2n1C[C@H]1C[C@@H]2CN(S(=O)(=O)c2cccc(C(F)(F)F)c2)C1. The molecule has 2 aliphatic rings. The molecular weight excluding hydrogens is 453 g/mol. The van der Waals surface area contributed by atoms with Crippen molar-refractivity contribution in [1.29, 1.82) is 0 Å². The number of aromatic nitrogens is 1. The van der Waals surface area contributed by atoms with E-state index in [2.05, 4.69) is 0 Å². The van der Waals surface area contributed by atoms with Crippen molar-refractivity contribution in [3.8, 4) is 11.1 Å². The van der Waals surface area contributed by atoms with Crippen LogP contribution in [0.3, 0.4) is 0 Å². The molecule has 2 bridgehead atoms. The van der Waals surface area contributed by atoms with Crippen LogP contribution in [-0.4, -0.2) is 30.4 Å². The van der Waals surface area contributed by atoms with Crippen LogP contribution in [0.4, 0.5) is 13.2 Å². The third-order valence-electron chi connectivity index (χ3n) is 6.44. The van der Waals surface area contributed by atoms with Crippen molar-refractivity contribution in [1.82, 2.24) is 8.87 Å². The van der Waals surface area contributed by atoms with Crippen LogP contribution in [0.2, 0.25) is 0 Å². The Morgan fingerprint density at radius 1 is 0.879 bits per heavy atom. The number of hydrogen-bond acceptors (Lipinski definition) is 3. The quantitative estimate of drug-likeness (QED) is 0.568. The molecule has 9 heteroatoms. The van der Waals surface area contributed by atoms with Gasteiger partial charge in [0, 0.05) is 42.9 Å². The maximum atomic E-state index is 13.3. The lowest BCUT2D eigenvalue weighted by atomic mass is 9.81. The van der Waals surface area contributed by atoms with Crippen LogP contribution < -0.4 is 5.56 Å². The molecule has 0 saturated carbocycles. The number of benzene rings is 2. The van der Waals surface area contributed by atoms with Crippen molar-refractivity contribution >= 4 is 10.0 Å². The molecule has 0 radical (unpaired) electrons. The summed E-state index contributed by atoms with van der Waals surface area (Å²) < 4.78 is 69.1. The first-order chi connectivity index (χ1) is 15.6. The zero-order valence-electron chi connectivity index (χ0n) is 17.5. The molecule has 172 valence electrons. The summed E-state index contributed by atoms with van der Waals surface area (Å²) in [5.74, 6) is -0.331. The van der Waals surface area contributed by atoms with Gasteiger partial charge in [0.15, 0.2) is 0 Å². The molecule has 0 aliphatic carbocycles. The summed E-state index contributed by atoms with van der Waals surface area (Å²) in [4.78, 5) is 12.3. The summed E-state index contributed by atoms with van der Waals surface area (Å²) in [6.07, 6.45) is -3.91. The molecule has 2 atom stereocenters. The van der Waals surface area contributed by atoms with Gasteiger partial charge in [0.2, 0.25) is 10.0 Å². The van der Waals surface area contributed by atoms with Gasteiger partial charge < -0.3 is 4.57 Å². The van der Waals surface area contributed by atoms with Crippen LogP contribution in [0.5, 0.6) is 0 Å². The summed E-state index contributed by atoms with van der Waals surface area (Å²) >= 11 is 0. The van der Waals surface area contributed by atoms with Gasteiger partial charge in [-0.2, -0.15) is 17.5 Å². The maximum absolute atomic E-state index is 13.3. The zero-order chi connectivity index (χ0) is 23.4. The second kappa shape index (κ2) is 7.85. The molecule has 2 aromatic carbocycles. The molecule has 3 aromatic rings. The fourth-order valence-corrected chi connectivity index (χ4v) is 6.62. The second-order valence-corrected chi connectivity index (χ2v) is 10.5. The Morgan fingerprint density at radius 3 is 2.36 bits per heavy atom. The summed E-state index contributed by atoms with van der Waals surface area (Å²) in [6.45, 7) is 0.648. The topological polar surface area (TPSA) is 59.4 Å². The number of pyridine rings is 1. The van der Waals surface area contributed by atoms with Crippen LogP contribution in [0.15, 0.2) is 76.4 Å². The lowest BCUT2D eigenvalue weighted by Gasteiger charge is -2.43. The number of rotatable bonds is 3. The van der Waals surface area contributed by atoms with E-state index in [0.29, 0.717) is 12.6 Å². The number of piperidine rings is 1. The second-order valence-electron chi connectivity index (χ2n) is 8.59. The largest absolute Gasteiger partial charge is 0.416 e. The molecule has 2 aliphatic heterocycles. The number of fused-ring (bicyclic) bond motifs is 4. The van der Waals surface area contributed by atoms with E-state index in [-0.39, 0.29) is 35.4 Å². The summed E-state index contributed by atoms with van der Waals surface area (Å²) in [5.41, 5.74) is 1.46. The Bertz CT molecular complexity index is 1370. The number of nitrogens with zero attached hydrogens (tertiary/aromatic N) is 2. The highest BCUT2D eigenvalue weighted by Crippen LogP contribution is 2.41. The van der Waals surface area contributed by atoms with Crippen LogP contribution in [0.25, 0.3) is 11.1 Å². The standard InChI is InChI=1S/C24H21F3N2O3S/c25-24(26,27)19-7-4-8-20(12-19)33(31,32)28-13-16-11-18(15-28)23-21(17-5-2-1-3-6-17)9-10-22(30)29(23)14-16/h1-10,12,16,18H,11,13-15H2/t16-,18+/m0/s1. The van der Waals surface area contributed by atoms with Gasteiger partial charge in [-0.15, -0.1) is 0 Å². The minimum absolute atomic E-state index is 0.0967. The average Bonchev–Trinajstić information content (AvgIpc) is 2.80. The van der Waals surface area contributed by atoms with E-state index in [9.17, 15) is 26.4 Å². The molecule has 5 nitrogen and oxygen atoms in total. The predicted octanol–water partition coefficient (Wildman–Crippen LogP) is 4.34. The van der Waals surface area contributed by atoms with Crippen LogP contribution in [-0.2, 0) is 22.7 Å². The molecule has 0 spiro atoms. The monoisotopic (exact) mass is 474 g/mol. The minimum Gasteiger partial charge on any atom is -0.311 e. The van der Waals surface area contributed by atoms with Crippen molar-refractivity contribution in [3.63, 3.8) is 0 Å². The van der Waals surface area contributed by atoms with Gasteiger partial charge in [0.25, 0.3) is 5.56 Å². The molecule has 3 heterocycles. The Balaban J connectivity index is 1.55. The van der Waals surface area contributed by atoms with Gasteiger partial charge >= 0.3 is 6.18 Å². The molecule has 5 rings (SSSR count). The van der Waals surface area contributed by atoms with E-state index >= 15 is 0 Å². The van der Waals surface area contributed by atoms with E-state index in [1.807, 2.05) is 30.3 Å². The van der Waals surface area contributed by atoms with E-state index in [4.69, 9.17) is 0 Å². The first-order valence-electron chi connectivity index (χ1n) is 10.6. The molecule has 0 N–H and O–H groups in total. The number of alkyl halides is 3. The summed E-state index contributed by atoms with van der Waals surface area (Å²) in [5, 5.41) is 0. The van der Waals surface area contributed by atoms with Crippen LogP contribution in [0.1, 0.15) is 23.6 Å². The normalized spacial score (nSPS) is 20.9. The highest BCUT2D eigenvalue weighted by molar-refractivity contribution is 7.89. The highest BCUT2D eigenvalue weighted by atomic mass is 32.2. The molecular formula is C24H21F3N2O3S. The van der Waals surface area contributed by atoms with Crippen molar-refractivity contribution in [2.75, 3.05) is 13.1 Å². The molecule has 1 aromatic heterocycles. The highest BCUT2D eigenvalue weighted by Gasteiger charge is 2.41. The van der Waals surface area contributed by atoms with Gasteiger partial charge in [-0.3, -0.25) is 4.79 Å². The fourth-order valence-electron chi connectivity index (χ4n) is 5.01. The van der Waals surface area contributed by atoms with Crippen molar-refractivity contribution in [2.45, 2.75) is 30.0 Å². The van der Waals surface area contributed by atoms with E-state index in [1.165, 1.54) is 16.4 Å². The molecule has 0 amide bonds. The maximum Gasteiger partial charge on any atom is 0.416 e. The van der Waals surface area contributed by atoms with Crippen molar-refractivity contribution in [2.24, 2.45) is 5.92 Å². The van der Waals surface area contributed by atoms with Gasteiger partial charge in [0.1, 0.15) is 0 Å². The van der Waals surface area contributed by atoms with Crippen molar-refractivity contribution < 1.29 is 21.6 Å². The first-order valence-corrected chi connectivity index (χ1v) is 12.0. The Hall–Kier alpha value is -2.91. The number of halogens is 3. The third-order valence-corrected chi connectivity index (χ3v) is 8.27. The van der Waals surface area contributed by atoms with Gasteiger partial charge in [-0.25, -0.2) is 8.42 Å². The third kappa shape index (κ3) is 3.89. The van der Waals surface area contributed by atoms with E-state index < -0.39 is 21.8 Å². The minimum atomic E-state index is -4.63. The van der Waals surface area contributed by atoms with Gasteiger partial charge in [-0.05, 0) is 42.2 Å². The average molecular weight is 475 g/mol. The Morgan fingerprint density at radius 2 is 1.64 bits per heavy atom. The number of sulfonamides is 1. The van der Waals surface area contributed by atoms with Gasteiger partial charge in [-0.1, -0.05) is 36.4 Å². The van der Waals surface area contributed by atoms with Crippen LogP contribution >= 0.6 is 0 Å². The lowest BCUT2D eigenvalue weighted by Crippen LogP contribution is -2.49. The smallest absolute Gasteiger partial charge is 0.311 e. The Kier molecular flexibility index (Phi) is 5.21. The Labute approximate surface area is 189 Å². The summed E-state index contributed by atoms with van der Waals surface area (Å²) in [7, 11) is -4.13. The van der Waals surface area contributed by atoms with Crippen LogP contribution in [0, 0.1) is 5.92 Å². The van der Waals surface area contributed by atoms with Gasteiger partial charge in [0.05, 0.1) is 10.5 Å². The van der Waals surface area contributed by atoms with Crippen molar-refractivity contribution in [3.05, 3.63) is 88.3 Å². The molecule has 33 heavy (non-hydrogen) atoms. The first kappa shape index (κ1) is 21.9. The molecule has 1 saturated heterocycles. The lowest BCUT2D eigenvalue weighted by molar-refractivity contribution is -0.137. The fraction of sp³-hybridized carbons (Fsp3) is 0.292. The number of hydrogen-bond donors (Lipinski definition) is 0.